The van der Waals surface area contributed by atoms with Gasteiger partial charge in [0.25, 0.3) is 0 Å². The number of rotatable bonds is 3. The van der Waals surface area contributed by atoms with Crippen LogP contribution < -0.4 is 5.73 Å². The molecule has 0 radical (unpaired) electrons. The minimum absolute atomic E-state index is 0. The zero-order chi connectivity index (χ0) is 13.9. The molecule has 0 spiro atoms. The summed E-state index contributed by atoms with van der Waals surface area (Å²) in [7, 11) is 1.20. The summed E-state index contributed by atoms with van der Waals surface area (Å²) >= 11 is 5.54. The maximum absolute atomic E-state index is 12.5. The van der Waals surface area contributed by atoms with Crippen LogP contribution in [0.4, 0.5) is 13.2 Å². The Morgan fingerprint density at radius 2 is 2.05 bits per heavy atom. The molecular weight excluding hydrogens is 306 g/mol. The molecule has 2 N–H and O–H groups in total. The van der Waals surface area contributed by atoms with Crippen molar-refractivity contribution in [3.05, 3.63) is 34.3 Å². The summed E-state index contributed by atoms with van der Waals surface area (Å²) in [6, 6.07) is 2.40. The van der Waals surface area contributed by atoms with Crippen molar-refractivity contribution in [1.82, 2.24) is 0 Å². The smallest absolute Gasteiger partial charge is 0.417 e. The van der Waals surface area contributed by atoms with Crippen LogP contribution in [0.25, 0.3) is 0 Å². The van der Waals surface area contributed by atoms with Gasteiger partial charge in [-0.2, -0.15) is 13.2 Å². The van der Waals surface area contributed by atoms with Gasteiger partial charge in [0.05, 0.1) is 24.1 Å². The molecule has 0 saturated heterocycles. The highest BCUT2D eigenvalue weighted by atomic mass is 35.5. The van der Waals surface area contributed by atoms with Gasteiger partial charge in [-0.05, 0) is 17.7 Å². The lowest BCUT2D eigenvalue weighted by Crippen LogP contribution is -2.17. The Kier molecular flexibility index (Phi) is 6.62. The van der Waals surface area contributed by atoms with Crippen LogP contribution in [-0.2, 0) is 15.7 Å². The molecule has 0 fully saturated rings. The molecule has 0 aromatic heterocycles. The van der Waals surface area contributed by atoms with Crippen molar-refractivity contribution >= 4 is 30.0 Å². The standard InChI is InChI=1S/C11H11ClF3NO2.ClH/c1-18-10(17)5-9(16)6-2-3-7(8(12)4-6)11(13,14)15;/h2-4,9H,5,16H2,1H3;1H/t9-;/m0./s1. The van der Waals surface area contributed by atoms with Gasteiger partial charge in [0.15, 0.2) is 0 Å². The van der Waals surface area contributed by atoms with Crippen LogP contribution >= 0.6 is 24.0 Å². The van der Waals surface area contributed by atoms with Crippen molar-refractivity contribution in [1.29, 1.82) is 0 Å². The Hall–Kier alpha value is -0.980. The minimum atomic E-state index is -4.51. The van der Waals surface area contributed by atoms with Crippen molar-refractivity contribution in [2.24, 2.45) is 5.73 Å². The summed E-state index contributed by atoms with van der Waals surface area (Å²) in [4.78, 5) is 11.0. The molecule has 1 atom stereocenters. The number of methoxy groups -OCH3 is 1. The largest absolute Gasteiger partial charge is 0.469 e. The summed E-state index contributed by atoms with van der Waals surface area (Å²) in [6.07, 6.45) is -4.64. The van der Waals surface area contributed by atoms with Crippen molar-refractivity contribution in [2.75, 3.05) is 7.11 Å². The number of carbonyl (C=O) groups excluding carboxylic acids is 1. The third kappa shape index (κ3) is 4.89. The average Bonchev–Trinajstić information content (AvgIpc) is 2.26. The number of carbonyl (C=O) groups is 1. The monoisotopic (exact) mass is 317 g/mol. The Morgan fingerprint density at radius 1 is 1.47 bits per heavy atom. The summed E-state index contributed by atoms with van der Waals surface area (Å²) in [5.74, 6) is -0.543. The maximum Gasteiger partial charge on any atom is 0.417 e. The molecule has 108 valence electrons. The van der Waals surface area contributed by atoms with Gasteiger partial charge in [-0.25, -0.2) is 0 Å². The van der Waals surface area contributed by atoms with E-state index in [9.17, 15) is 18.0 Å². The van der Waals surface area contributed by atoms with Gasteiger partial charge in [0.1, 0.15) is 0 Å². The molecule has 3 nitrogen and oxygen atoms in total. The fraction of sp³-hybridized carbons (Fsp3) is 0.364. The lowest BCUT2D eigenvalue weighted by atomic mass is 10.0. The van der Waals surface area contributed by atoms with E-state index in [-0.39, 0.29) is 18.8 Å². The topological polar surface area (TPSA) is 52.3 Å². The molecule has 1 aromatic carbocycles. The van der Waals surface area contributed by atoms with Crippen molar-refractivity contribution in [3.8, 4) is 0 Å². The summed E-state index contributed by atoms with van der Waals surface area (Å²) < 4.78 is 41.8. The van der Waals surface area contributed by atoms with Gasteiger partial charge in [-0.1, -0.05) is 17.7 Å². The second-order valence-electron chi connectivity index (χ2n) is 3.62. The van der Waals surface area contributed by atoms with E-state index in [4.69, 9.17) is 17.3 Å². The highest BCUT2D eigenvalue weighted by molar-refractivity contribution is 6.31. The van der Waals surface area contributed by atoms with E-state index in [1.165, 1.54) is 13.2 Å². The number of benzene rings is 1. The number of halogens is 5. The lowest BCUT2D eigenvalue weighted by Gasteiger charge is -2.14. The minimum Gasteiger partial charge on any atom is -0.469 e. The van der Waals surface area contributed by atoms with Gasteiger partial charge in [0.2, 0.25) is 0 Å². The van der Waals surface area contributed by atoms with Crippen molar-refractivity contribution in [3.63, 3.8) is 0 Å². The van der Waals surface area contributed by atoms with E-state index in [0.29, 0.717) is 5.56 Å². The number of hydrogen-bond acceptors (Lipinski definition) is 3. The molecule has 8 heteroatoms. The number of alkyl halides is 3. The molecule has 0 amide bonds. The highest BCUT2D eigenvalue weighted by Gasteiger charge is 2.33. The van der Waals surface area contributed by atoms with E-state index in [1.54, 1.807) is 0 Å². The van der Waals surface area contributed by atoms with Gasteiger partial charge in [0, 0.05) is 6.04 Å². The van der Waals surface area contributed by atoms with E-state index >= 15 is 0 Å². The predicted molar refractivity (Wildman–Crippen MR) is 67.3 cm³/mol. The van der Waals surface area contributed by atoms with Crippen LogP contribution in [0.5, 0.6) is 0 Å². The highest BCUT2D eigenvalue weighted by Crippen LogP contribution is 2.35. The lowest BCUT2D eigenvalue weighted by molar-refractivity contribution is -0.141. The van der Waals surface area contributed by atoms with E-state index in [2.05, 4.69) is 4.74 Å². The van der Waals surface area contributed by atoms with Gasteiger partial charge >= 0.3 is 12.1 Å². The molecule has 1 aromatic rings. The van der Waals surface area contributed by atoms with Crippen LogP contribution in [0.2, 0.25) is 5.02 Å². The molecule has 1 rings (SSSR count). The molecule has 0 unspecified atom stereocenters. The molecule has 0 heterocycles. The summed E-state index contributed by atoms with van der Waals surface area (Å²) in [6.45, 7) is 0. The first-order chi connectivity index (χ1) is 8.25. The summed E-state index contributed by atoms with van der Waals surface area (Å²) in [5, 5.41) is -0.444. The molecule has 0 saturated carbocycles. The van der Waals surface area contributed by atoms with Crippen LogP contribution in [0.3, 0.4) is 0 Å². The fourth-order valence-corrected chi connectivity index (χ4v) is 1.67. The Labute approximate surface area is 119 Å². The molecule has 19 heavy (non-hydrogen) atoms. The predicted octanol–water partition coefficient (Wildman–Crippen LogP) is 3.34. The first kappa shape index (κ1) is 18.0. The number of esters is 1. The van der Waals surface area contributed by atoms with E-state index in [1.807, 2.05) is 0 Å². The van der Waals surface area contributed by atoms with Crippen LogP contribution in [-0.4, -0.2) is 13.1 Å². The fourth-order valence-electron chi connectivity index (χ4n) is 1.37. The molecule has 0 aliphatic rings. The first-order valence-corrected chi connectivity index (χ1v) is 5.32. The molecular formula is C11H12Cl2F3NO2. The third-order valence-corrected chi connectivity index (χ3v) is 2.65. The van der Waals surface area contributed by atoms with Crippen LogP contribution in [0, 0.1) is 0 Å². The van der Waals surface area contributed by atoms with E-state index < -0.39 is 28.8 Å². The molecule has 0 bridgehead atoms. The van der Waals surface area contributed by atoms with Gasteiger partial charge in [-0.15, -0.1) is 12.4 Å². The number of hydrogen-bond donors (Lipinski definition) is 1. The number of ether oxygens (including phenoxy) is 1. The van der Waals surface area contributed by atoms with Gasteiger partial charge < -0.3 is 10.5 Å². The summed E-state index contributed by atoms with van der Waals surface area (Å²) in [5.41, 5.74) is 5.07. The molecule has 0 aliphatic carbocycles. The Balaban J connectivity index is 0.00000324. The SMILES string of the molecule is COC(=O)C[C@H](N)c1ccc(C(F)(F)F)c(Cl)c1.Cl. The second-order valence-corrected chi connectivity index (χ2v) is 4.03. The number of nitrogens with two attached hydrogens (primary N) is 1. The van der Waals surface area contributed by atoms with Gasteiger partial charge in [-0.3, -0.25) is 4.79 Å². The van der Waals surface area contributed by atoms with E-state index in [0.717, 1.165) is 12.1 Å². The maximum atomic E-state index is 12.5. The quantitative estimate of drug-likeness (QED) is 0.870. The van der Waals surface area contributed by atoms with Crippen molar-refractivity contribution < 1.29 is 22.7 Å². The average molecular weight is 318 g/mol. The zero-order valence-electron chi connectivity index (χ0n) is 9.83. The molecule has 0 aliphatic heterocycles. The van der Waals surface area contributed by atoms with Crippen LogP contribution in [0.15, 0.2) is 18.2 Å². The Morgan fingerprint density at radius 3 is 2.47 bits per heavy atom. The Bertz CT molecular complexity index is 452. The second kappa shape index (κ2) is 6.98. The van der Waals surface area contributed by atoms with Crippen molar-refractivity contribution in [2.45, 2.75) is 18.6 Å². The van der Waals surface area contributed by atoms with Crippen LogP contribution in [0.1, 0.15) is 23.6 Å². The zero-order valence-corrected chi connectivity index (χ0v) is 11.4. The third-order valence-electron chi connectivity index (χ3n) is 2.34. The normalized spacial score (nSPS) is 12.5. The first-order valence-electron chi connectivity index (χ1n) is 4.94.